The first kappa shape index (κ1) is 5.47. The second-order valence-corrected chi connectivity index (χ2v) is 3.82. The third-order valence-electron chi connectivity index (χ3n) is 0.217. The predicted octanol–water partition coefficient (Wildman–Crippen LogP) is 0.548. The molecule has 0 spiro atoms. The minimum atomic E-state index is -1.63. The largest absolute Gasteiger partial charge is 0.301 e. The molecule has 3 heteroatoms. The molecule has 0 aliphatic rings. The van der Waals surface area contributed by atoms with Crippen molar-refractivity contribution in [1.82, 2.24) is 0 Å². The minimum absolute atomic E-state index is 0.361. The summed E-state index contributed by atoms with van der Waals surface area (Å²) < 4.78 is 0. The highest BCUT2D eigenvalue weighted by Gasteiger charge is 1.92. The molecule has 0 bridgehead atoms. The molecule has 1 nitrogen and oxygen atoms in total. The first-order chi connectivity index (χ1) is 2.27. The van der Waals surface area contributed by atoms with Crippen LogP contribution >= 0.6 is 11.6 Å². The van der Waals surface area contributed by atoms with Gasteiger partial charge in [0.1, 0.15) is 0 Å². The van der Waals surface area contributed by atoms with Crippen molar-refractivity contribution < 1.29 is 4.80 Å². The summed E-state index contributed by atoms with van der Waals surface area (Å²) in [5, 5.41) is 0. The van der Waals surface area contributed by atoms with Crippen LogP contribution in [-0.2, 0) is 4.80 Å². The van der Waals surface area contributed by atoms with E-state index in [0.717, 1.165) is 0 Å². The third kappa shape index (κ3) is 4.47. The number of halogens is 1. The summed E-state index contributed by atoms with van der Waals surface area (Å²) in [6.45, 7) is 1.67. The van der Waals surface area contributed by atoms with E-state index in [9.17, 15) is 4.80 Å². The van der Waals surface area contributed by atoms with E-state index in [1.807, 2.05) is 0 Å². The molecule has 0 aromatic carbocycles. The van der Waals surface area contributed by atoms with Gasteiger partial charge in [-0.15, -0.1) is 11.6 Å². The summed E-state index contributed by atoms with van der Waals surface area (Å²) in [4.78, 5) is 9.90. The Labute approximate surface area is 38.3 Å². The lowest BCUT2D eigenvalue weighted by molar-refractivity contribution is 0.458. The summed E-state index contributed by atoms with van der Waals surface area (Å²) >= 11 is 5.09. The van der Waals surface area contributed by atoms with E-state index >= 15 is 0 Å². The third-order valence-corrected chi connectivity index (χ3v) is 1.96. The van der Waals surface area contributed by atoms with E-state index < -0.39 is 9.04 Å². The Morgan fingerprint density at radius 1 is 2.00 bits per heavy atom. The van der Waals surface area contributed by atoms with Crippen LogP contribution in [0.2, 0.25) is 6.55 Å². The van der Waals surface area contributed by atoms with Crippen LogP contribution in [0.15, 0.2) is 0 Å². The average Bonchev–Trinajstić information content (AvgIpc) is 1.38. The fourth-order valence-corrected chi connectivity index (χ4v) is 0. The topological polar surface area (TPSA) is 19.9 Å². The van der Waals surface area contributed by atoms with E-state index in [1.54, 1.807) is 6.55 Å². The Hall–Kier alpha value is 0.467. The molecule has 0 rings (SSSR count). The molecule has 5 heavy (non-hydrogen) atoms. The zero-order chi connectivity index (χ0) is 4.28. The lowest BCUT2D eigenvalue weighted by atomic mass is 11.9. The molecule has 0 aromatic heterocycles. The van der Waals surface area contributed by atoms with Crippen molar-refractivity contribution in [2.75, 3.05) is 5.50 Å². The normalized spacial score (nSPS) is 15.0. The van der Waals surface area contributed by atoms with Crippen molar-refractivity contribution in [3.8, 4) is 0 Å². The Morgan fingerprint density at radius 3 is 2.20 bits per heavy atom. The molecule has 0 fully saturated rings. The summed E-state index contributed by atoms with van der Waals surface area (Å²) in [5.74, 6) is 0. The number of hydrogen-bond donors (Lipinski definition) is 0. The summed E-state index contributed by atoms with van der Waals surface area (Å²) in [6, 6.07) is 0. The van der Waals surface area contributed by atoms with E-state index in [2.05, 4.69) is 0 Å². The Morgan fingerprint density at radius 2 is 2.20 bits per heavy atom. The van der Waals surface area contributed by atoms with Gasteiger partial charge in [-0.2, -0.15) is 0 Å². The fourth-order valence-electron chi connectivity index (χ4n) is 0. The average molecular weight is 110 g/mol. The van der Waals surface area contributed by atoms with Gasteiger partial charge < -0.3 is 4.80 Å². The maximum Gasteiger partial charge on any atom is 0.233 e. The zero-order valence-electron chi connectivity index (χ0n) is 3.07. The molecule has 0 aliphatic carbocycles. The molecule has 1 radical (unpaired) electrons. The van der Waals surface area contributed by atoms with Crippen molar-refractivity contribution >= 4 is 20.6 Å². The van der Waals surface area contributed by atoms with Crippen LogP contribution in [0.1, 0.15) is 0 Å². The summed E-state index contributed by atoms with van der Waals surface area (Å²) in [7, 11) is -1.63. The summed E-state index contributed by atoms with van der Waals surface area (Å²) in [5.41, 5.74) is 0.361. The molecule has 1 unspecified atom stereocenters. The highest BCUT2D eigenvalue weighted by atomic mass is 35.5. The van der Waals surface area contributed by atoms with Crippen LogP contribution in [-0.4, -0.2) is 14.5 Å². The Kier molecular flexibility index (Phi) is 2.94. The molecule has 0 aliphatic heterocycles. The van der Waals surface area contributed by atoms with E-state index in [-0.39, 0.29) is 0 Å². The molecule has 0 amide bonds. The van der Waals surface area contributed by atoms with Crippen LogP contribution in [0.3, 0.4) is 0 Å². The SMILES string of the molecule is C[SiH]([O])CCl. The van der Waals surface area contributed by atoms with Crippen LogP contribution in [0.25, 0.3) is 0 Å². The van der Waals surface area contributed by atoms with Crippen LogP contribution in [0, 0.1) is 0 Å². The molecule has 0 heterocycles. The van der Waals surface area contributed by atoms with Gasteiger partial charge in [-0.3, -0.25) is 0 Å². The van der Waals surface area contributed by atoms with Gasteiger partial charge in [0.15, 0.2) is 0 Å². The second kappa shape index (κ2) is 2.69. The van der Waals surface area contributed by atoms with Crippen LogP contribution < -0.4 is 0 Å². The molecule has 1 atom stereocenters. The van der Waals surface area contributed by atoms with Crippen LogP contribution in [0.4, 0.5) is 0 Å². The monoisotopic (exact) mass is 109 g/mol. The molecule has 0 aromatic rings. The standard InChI is InChI=1S/C2H6ClOSi/c1-5(4)2-3/h5H,2H2,1H3. The first-order valence-corrected chi connectivity index (χ1v) is 4.47. The maximum absolute atomic E-state index is 9.90. The van der Waals surface area contributed by atoms with Gasteiger partial charge >= 0.3 is 0 Å². The second-order valence-electron chi connectivity index (χ2n) is 0.965. The molecular formula is C2H6ClOSi. The van der Waals surface area contributed by atoms with Crippen LogP contribution in [0.5, 0.6) is 0 Å². The van der Waals surface area contributed by atoms with E-state index in [1.165, 1.54) is 0 Å². The van der Waals surface area contributed by atoms with Gasteiger partial charge in [-0.25, -0.2) is 0 Å². The van der Waals surface area contributed by atoms with Crippen molar-refractivity contribution in [2.24, 2.45) is 0 Å². The molecule has 0 saturated carbocycles. The van der Waals surface area contributed by atoms with Crippen molar-refractivity contribution in [3.05, 3.63) is 0 Å². The van der Waals surface area contributed by atoms with Crippen molar-refractivity contribution in [1.29, 1.82) is 0 Å². The lowest BCUT2D eigenvalue weighted by Crippen LogP contribution is -2.03. The Balaban J connectivity index is 2.54. The van der Waals surface area contributed by atoms with Gasteiger partial charge in [-0.05, 0) is 6.55 Å². The number of hydrogen-bond acceptors (Lipinski definition) is 0. The van der Waals surface area contributed by atoms with Gasteiger partial charge in [0.25, 0.3) is 0 Å². The highest BCUT2D eigenvalue weighted by molar-refractivity contribution is 6.59. The van der Waals surface area contributed by atoms with Crippen molar-refractivity contribution in [2.45, 2.75) is 6.55 Å². The predicted molar refractivity (Wildman–Crippen MR) is 24.4 cm³/mol. The molecule has 31 valence electrons. The molecular weight excluding hydrogens is 104 g/mol. The Bertz CT molecular complexity index is 23.6. The maximum atomic E-state index is 9.90. The highest BCUT2D eigenvalue weighted by Crippen LogP contribution is 1.76. The van der Waals surface area contributed by atoms with E-state index in [4.69, 9.17) is 11.6 Å². The summed E-state index contributed by atoms with van der Waals surface area (Å²) in [6.07, 6.45) is 0. The van der Waals surface area contributed by atoms with Gasteiger partial charge in [0.2, 0.25) is 9.04 Å². The minimum Gasteiger partial charge on any atom is -0.301 e. The van der Waals surface area contributed by atoms with E-state index in [0.29, 0.717) is 5.50 Å². The molecule has 0 saturated heterocycles. The lowest BCUT2D eigenvalue weighted by Gasteiger charge is -1.80. The van der Waals surface area contributed by atoms with Gasteiger partial charge in [0, 0.05) is 5.50 Å². The molecule has 0 N–H and O–H groups in total. The quantitative estimate of drug-likeness (QED) is 0.346. The zero-order valence-corrected chi connectivity index (χ0v) is 4.98. The first-order valence-electron chi connectivity index (χ1n) is 1.49. The van der Waals surface area contributed by atoms with Gasteiger partial charge in [-0.1, -0.05) is 0 Å². The number of alkyl halides is 1. The van der Waals surface area contributed by atoms with Crippen molar-refractivity contribution in [3.63, 3.8) is 0 Å². The smallest absolute Gasteiger partial charge is 0.233 e. The fraction of sp³-hybridized carbons (Fsp3) is 1.00. The van der Waals surface area contributed by atoms with Gasteiger partial charge in [0.05, 0.1) is 0 Å². The number of rotatable bonds is 1.